The number of nitrogens with zero attached hydrogens (tertiary/aromatic N) is 2. The second-order valence-electron chi connectivity index (χ2n) is 5.67. The van der Waals surface area contributed by atoms with Gasteiger partial charge in [-0.1, -0.05) is 23.7 Å². The third-order valence-corrected chi connectivity index (χ3v) is 4.39. The molecule has 1 saturated heterocycles. The number of anilines is 1. The predicted molar refractivity (Wildman–Crippen MR) is 90.8 cm³/mol. The summed E-state index contributed by atoms with van der Waals surface area (Å²) in [4.78, 5) is 26.4. The lowest BCUT2D eigenvalue weighted by molar-refractivity contribution is 0.207. The highest BCUT2D eigenvalue weighted by Crippen LogP contribution is 2.32. The van der Waals surface area contributed by atoms with Crippen molar-refractivity contribution in [3.63, 3.8) is 0 Å². The maximum atomic E-state index is 12.6. The highest BCUT2D eigenvalue weighted by molar-refractivity contribution is 6.30. The first-order valence-corrected chi connectivity index (χ1v) is 7.93. The summed E-state index contributed by atoms with van der Waals surface area (Å²) >= 11 is 5.93. The minimum atomic E-state index is -0.245. The Morgan fingerprint density at radius 2 is 2.00 bits per heavy atom. The number of amides is 2. The summed E-state index contributed by atoms with van der Waals surface area (Å²) in [5, 5.41) is 3.41. The summed E-state index contributed by atoms with van der Waals surface area (Å²) in [6.07, 6.45) is 3.50. The second kappa shape index (κ2) is 6.46. The molecule has 1 aromatic heterocycles. The molecule has 1 aromatic carbocycles. The van der Waals surface area contributed by atoms with Gasteiger partial charge in [-0.3, -0.25) is 4.79 Å². The number of hydrogen-bond acceptors (Lipinski definition) is 2. The van der Waals surface area contributed by atoms with E-state index in [0.717, 1.165) is 18.4 Å². The minimum absolute atomic E-state index is 0.0137. The van der Waals surface area contributed by atoms with E-state index >= 15 is 0 Å². The molecule has 2 heterocycles. The molecule has 0 spiro atoms. The molecule has 1 unspecified atom stereocenters. The topological polar surface area (TPSA) is 54.3 Å². The molecule has 2 amide bonds. The zero-order valence-corrected chi connectivity index (χ0v) is 13.6. The van der Waals surface area contributed by atoms with Gasteiger partial charge < -0.3 is 14.8 Å². The van der Waals surface area contributed by atoms with E-state index in [9.17, 15) is 9.59 Å². The number of likely N-dealkylation sites (tertiary alicyclic amines) is 1. The van der Waals surface area contributed by atoms with Crippen LogP contribution in [0.25, 0.3) is 0 Å². The highest BCUT2D eigenvalue weighted by atomic mass is 35.5. The fraction of sp³-hybridized carbons (Fsp3) is 0.294. The molecule has 1 N–H and O–H groups in total. The van der Waals surface area contributed by atoms with Crippen LogP contribution in [0.5, 0.6) is 0 Å². The van der Waals surface area contributed by atoms with Crippen molar-refractivity contribution in [3.8, 4) is 0 Å². The Morgan fingerprint density at radius 3 is 2.74 bits per heavy atom. The molecule has 3 rings (SSSR count). The van der Waals surface area contributed by atoms with Crippen LogP contribution in [-0.2, 0) is 7.05 Å². The monoisotopic (exact) mass is 331 g/mol. The Balaban J connectivity index is 1.79. The lowest BCUT2D eigenvalue weighted by Gasteiger charge is -2.25. The standard InChI is InChI=1S/C17H18ClN3O2/c1-20-10-2-4-14(16(20)22)19-17(23)21-11-3-5-15(21)12-6-8-13(18)9-7-12/h2,4,6-10,15H,3,5,11H2,1H3,(H,19,23). The molecule has 0 bridgehead atoms. The molecule has 1 atom stereocenters. The highest BCUT2D eigenvalue weighted by Gasteiger charge is 2.30. The van der Waals surface area contributed by atoms with E-state index < -0.39 is 0 Å². The lowest BCUT2D eigenvalue weighted by atomic mass is 10.1. The Kier molecular flexibility index (Phi) is 4.39. The third kappa shape index (κ3) is 3.24. The van der Waals surface area contributed by atoms with Crippen LogP contribution >= 0.6 is 11.6 Å². The van der Waals surface area contributed by atoms with Crippen molar-refractivity contribution >= 4 is 23.3 Å². The minimum Gasteiger partial charge on any atom is -0.317 e. The SMILES string of the molecule is Cn1cccc(NC(=O)N2CCCC2c2ccc(Cl)cc2)c1=O. The van der Waals surface area contributed by atoms with Crippen LogP contribution in [0.15, 0.2) is 47.4 Å². The van der Waals surface area contributed by atoms with Crippen molar-refractivity contribution in [3.05, 3.63) is 63.5 Å². The van der Waals surface area contributed by atoms with Gasteiger partial charge in [-0.05, 0) is 42.7 Å². The van der Waals surface area contributed by atoms with E-state index in [-0.39, 0.29) is 17.6 Å². The smallest absolute Gasteiger partial charge is 0.317 e. The zero-order valence-electron chi connectivity index (χ0n) is 12.8. The molecule has 0 radical (unpaired) electrons. The summed E-state index contributed by atoms with van der Waals surface area (Å²) in [6, 6.07) is 10.7. The quantitative estimate of drug-likeness (QED) is 0.916. The number of halogens is 1. The van der Waals surface area contributed by atoms with Crippen molar-refractivity contribution in [2.75, 3.05) is 11.9 Å². The van der Waals surface area contributed by atoms with Crippen molar-refractivity contribution < 1.29 is 4.79 Å². The Bertz CT molecular complexity index is 770. The maximum Gasteiger partial charge on any atom is 0.322 e. The lowest BCUT2D eigenvalue weighted by Crippen LogP contribution is -2.36. The number of carbonyl (C=O) groups excluding carboxylic acids is 1. The van der Waals surface area contributed by atoms with Crippen LogP contribution in [0.4, 0.5) is 10.5 Å². The molecule has 120 valence electrons. The number of aryl methyl sites for hydroxylation is 1. The van der Waals surface area contributed by atoms with E-state index in [2.05, 4.69) is 5.32 Å². The van der Waals surface area contributed by atoms with Gasteiger partial charge in [0, 0.05) is 24.8 Å². The second-order valence-corrected chi connectivity index (χ2v) is 6.11. The molecule has 2 aromatic rings. The van der Waals surface area contributed by atoms with Gasteiger partial charge >= 0.3 is 6.03 Å². The van der Waals surface area contributed by atoms with Gasteiger partial charge in [0.15, 0.2) is 0 Å². The van der Waals surface area contributed by atoms with Crippen LogP contribution in [0.1, 0.15) is 24.4 Å². The molecule has 23 heavy (non-hydrogen) atoms. The summed E-state index contributed by atoms with van der Waals surface area (Å²) < 4.78 is 1.44. The fourth-order valence-electron chi connectivity index (χ4n) is 2.92. The summed E-state index contributed by atoms with van der Waals surface area (Å²) in [7, 11) is 1.66. The number of nitrogens with one attached hydrogen (secondary N) is 1. The number of aromatic nitrogens is 1. The summed E-state index contributed by atoms with van der Waals surface area (Å²) in [5.74, 6) is 0. The number of pyridine rings is 1. The normalized spacial score (nSPS) is 17.3. The van der Waals surface area contributed by atoms with E-state index in [1.54, 1.807) is 30.3 Å². The number of carbonyl (C=O) groups is 1. The van der Waals surface area contributed by atoms with Crippen LogP contribution in [0.2, 0.25) is 5.02 Å². The Morgan fingerprint density at radius 1 is 1.26 bits per heavy atom. The first-order chi connectivity index (χ1) is 11.1. The van der Waals surface area contributed by atoms with E-state index in [1.807, 2.05) is 24.3 Å². The van der Waals surface area contributed by atoms with E-state index in [4.69, 9.17) is 11.6 Å². The van der Waals surface area contributed by atoms with Gasteiger partial charge in [-0.2, -0.15) is 0 Å². The molecule has 6 heteroatoms. The fourth-order valence-corrected chi connectivity index (χ4v) is 3.05. The molecule has 1 aliphatic rings. The Hall–Kier alpha value is -2.27. The van der Waals surface area contributed by atoms with Crippen LogP contribution in [0, 0.1) is 0 Å². The van der Waals surface area contributed by atoms with Crippen molar-refractivity contribution in [1.29, 1.82) is 0 Å². The summed E-state index contributed by atoms with van der Waals surface area (Å²) in [5.41, 5.74) is 1.13. The van der Waals surface area contributed by atoms with Gasteiger partial charge in [-0.25, -0.2) is 4.79 Å². The van der Waals surface area contributed by atoms with Gasteiger partial charge in [0.25, 0.3) is 5.56 Å². The summed E-state index contributed by atoms with van der Waals surface area (Å²) in [6.45, 7) is 0.673. The zero-order chi connectivity index (χ0) is 16.4. The van der Waals surface area contributed by atoms with E-state index in [0.29, 0.717) is 17.3 Å². The number of urea groups is 1. The molecule has 5 nitrogen and oxygen atoms in total. The first-order valence-electron chi connectivity index (χ1n) is 7.55. The van der Waals surface area contributed by atoms with Crippen LogP contribution in [0.3, 0.4) is 0 Å². The maximum absolute atomic E-state index is 12.6. The molecule has 0 saturated carbocycles. The number of rotatable bonds is 2. The molecule has 1 aliphatic heterocycles. The van der Waals surface area contributed by atoms with Gasteiger partial charge in [0.1, 0.15) is 5.69 Å². The largest absolute Gasteiger partial charge is 0.322 e. The number of hydrogen-bond donors (Lipinski definition) is 1. The molecule has 0 aliphatic carbocycles. The van der Waals surface area contributed by atoms with Crippen LogP contribution < -0.4 is 10.9 Å². The number of benzene rings is 1. The molecular weight excluding hydrogens is 314 g/mol. The Labute approximate surface area is 139 Å². The predicted octanol–water partition coefficient (Wildman–Crippen LogP) is 3.41. The van der Waals surface area contributed by atoms with Gasteiger partial charge in [0.05, 0.1) is 6.04 Å². The first kappa shape index (κ1) is 15.6. The molecule has 1 fully saturated rings. The van der Waals surface area contributed by atoms with Gasteiger partial charge in [-0.15, -0.1) is 0 Å². The average molecular weight is 332 g/mol. The van der Waals surface area contributed by atoms with Gasteiger partial charge in [0.2, 0.25) is 0 Å². The van der Waals surface area contributed by atoms with E-state index in [1.165, 1.54) is 4.57 Å². The molecular formula is C17H18ClN3O2. The van der Waals surface area contributed by atoms with Crippen molar-refractivity contribution in [1.82, 2.24) is 9.47 Å². The van der Waals surface area contributed by atoms with Crippen LogP contribution in [-0.4, -0.2) is 22.0 Å². The van der Waals surface area contributed by atoms with Crippen molar-refractivity contribution in [2.45, 2.75) is 18.9 Å². The average Bonchev–Trinajstić information content (AvgIpc) is 3.02. The van der Waals surface area contributed by atoms with Crippen molar-refractivity contribution in [2.24, 2.45) is 7.05 Å². The third-order valence-electron chi connectivity index (χ3n) is 4.13.